The Kier molecular flexibility index (Phi) is 5.64. The van der Waals surface area contributed by atoms with Crippen molar-refractivity contribution in [2.24, 2.45) is 0 Å². The molecule has 2 aliphatic heterocycles. The molecule has 0 saturated carbocycles. The molecular weight excluding hydrogens is 450 g/mol. The largest absolute Gasteiger partial charge is 0.507 e. The van der Waals surface area contributed by atoms with E-state index >= 15 is 0 Å². The maximum Gasteiger partial charge on any atom is 0.337 e. The summed E-state index contributed by atoms with van der Waals surface area (Å²) in [6, 6.07) is 14.1. The first-order valence-electron chi connectivity index (χ1n) is 11.2. The second kappa shape index (κ2) is 8.79. The molecule has 35 heavy (non-hydrogen) atoms. The van der Waals surface area contributed by atoms with Crippen LogP contribution in [0.5, 0.6) is 5.75 Å². The maximum atomic E-state index is 13.2. The van der Waals surface area contributed by atoms with E-state index in [0.717, 1.165) is 11.3 Å². The molecule has 1 fully saturated rings. The molecule has 1 aromatic heterocycles. The molecule has 1 amide bonds. The molecule has 0 unspecified atom stereocenters. The van der Waals surface area contributed by atoms with Gasteiger partial charge in [0.2, 0.25) is 0 Å². The number of fused-ring (bicyclic) bond motifs is 1. The van der Waals surface area contributed by atoms with Gasteiger partial charge in [-0.15, -0.1) is 0 Å². The number of carbonyl (C=O) groups excluding carboxylic acids is 3. The zero-order valence-electron chi connectivity index (χ0n) is 19.2. The highest BCUT2D eigenvalue weighted by Crippen LogP contribution is 2.41. The van der Waals surface area contributed by atoms with Gasteiger partial charge in [0.1, 0.15) is 23.4 Å². The Morgan fingerprint density at radius 3 is 2.54 bits per heavy atom. The van der Waals surface area contributed by atoms with Crippen LogP contribution in [0.4, 0.5) is 0 Å². The molecule has 178 valence electrons. The first-order chi connectivity index (χ1) is 16.9. The van der Waals surface area contributed by atoms with E-state index in [-0.39, 0.29) is 24.0 Å². The Morgan fingerprint density at radius 2 is 1.86 bits per heavy atom. The summed E-state index contributed by atoms with van der Waals surface area (Å²) in [5, 5.41) is 11.3. The van der Waals surface area contributed by atoms with Crippen molar-refractivity contribution < 1.29 is 33.4 Å². The number of aliphatic hydroxyl groups is 1. The monoisotopic (exact) mass is 473 g/mol. The lowest BCUT2D eigenvalue weighted by atomic mass is 9.94. The predicted octanol–water partition coefficient (Wildman–Crippen LogP) is 4.01. The Morgan fingerprint density at radius 1 is 1.11 bits per heavy atom. The third kappa shape index (κ3) is 3.97. The fourth-order valence-corrected chi connectivity index (χ4v) is 4.60. The van der Waals surface area contributed by atoms with Crippen LogP contribution in [0.15, 0.2) is 70.9 Å². The quantitative estimate of drug-likeness (QED) is 0.258. The van der Waals surface area contributed by atoms with E-state index < -0.39 is 23.7 Å². The zero-order chi connectivity index (χ0) is 24.7. The number of rotatable bonds is 5. The number of hydrogen-bond acceptors (Lipinski definition) is 7. The summed E-state index contributed by atoms with van der Waals surface area (Å²) in [6.45, 7) is 1.99. The summed E-state index contributed by atoms with van der Waals surface area (Å²) in [5.41, 5.74) is 2.20. The molecule has 2 atom stereocenters. The van der Waals surface area contributed by atoms with Crippen molar-refractivity contribution in [3.8, 4) is 5.75 Å². The molecule has 8 heteroatoms. The van der Waals surface area contributed by atoms with E-state index in [9.17, 15) is 19.5 Å². The molecule has 5 rings (SSSR count). The van der Waals surface area contributed by atoms with Gasteiger partial charge in [0, 0.05) is 12.0 Å². The van der Waals surface area contributed by atoms with Crippen molar-refractivity contribution in [3.63, 3.8) is 0 Å². The van der Waals surface area contributed by atoms with Crippen molar-refractivity contribution in [1.29, 1.82) is 0 Å². The summed E-state index contributed by atoms with van der Waals surface area (Å²) in [5.74, 6) is -1.08. The Labute approximate surface area is 201 Å². The van der Waals surface area contributed by atoms with Gasteiger partial charge in [-0.3, -0.25) is 9.59 Å². The van der Waals surface area contributed by atoms with Crippen LogP contribution in [-0.2, 0) is 27.3 Å². The first kappa shape index (κ1) is 22.5. The minimum atomic E-state index is -0.879. The van der Waals surface area contributed by atoms with Crippen LogP contribution in [-0.4, -0.2) is 40.9 Å². The van der Waals surface area contributed by atoms with Crippen molar-refractivity contribution in [2.75, 3.05) is 7.11 Å². The summed E-state index contributed by atoms with van der Waals surface area (Å²) < 4.78 is 15.9. The van der Waals surface area contributed by atoms with Gasteiger partial charge in [-0.1, -0.05) is 12.1 Å². The lowest BCUT2D eigenvalue weighted by Crippen LogP contribution is -2.29. The van der Waals surface area contributed by atoms with E-state index in [4.69, 9.17) is 13.9 Å². The number of carbonyl (C=O) groups is 3. The highest BCUT2D eigenvalue weighted by molar-refractivity contribution is 6.46. The number of aliphatic hydroxyl groups excluding tert-OH is 1. The minimum Gasteiger partial charge on any atom is -0.507 e. The maximum absolute atomic E-state index is 13.2. The third-order valence-electron chi connectivity index (χ3n) is 6.26. The number of methoxy groups -OCH3 is 1. The molecule has 2 aromatic carbocycles. The normalized spacial score (nSPS) is 20.6. The standard InChI is InChI=1S/C27H23NO7/c1-15-12-19-13-18(9-10-21(19)35-15)24(29)22-23(16-5-7-17(8-6-16)27(32)33-2)28(26(31)25(22)30)14-20-4-3-11-34-20/h3-11,13,15,23,29H,12,14H2,1-2H3/b24-22+/t15-,23+/m1/s1. The van der Waals surface area contributed by atoms with Crippen molar-refractivity contribution in [1.82, 2.24) is 4.90 Å². The summed E-state index contributed by atoms with van der Waals surface area (Å²) in [6.07, 6.45) is 2.19. The van der Waals surface area contributed by atoms with E-state index in [0.29, 0.717) is 28.9 Å². The highest BCUT2D eigenvalue weighted by atomic mass is 16.5. The minimum absolute atomic E-state index is 0.0228. The molecule has 2 aliphatic rings. The van der Waals surface area contributed by atoms with E-state index in [2.05, 4.69) is 0 Å². The molecule has 0 aliphatic carbocycles. The fraction of sp³-hybridized carbons (Fsp3) is 0.222. The number of nitrogens with zero attached hydrogens (tertiary/aromatic N) is 1. The number of furan rings is 1. The molecule has 8 nitrogen and oxygen atoms in total. The fourth-order valence-electron chi connectivity index (χ4n) is 4.60. The summed E-state index contributed by atoms with van der Waals surface area (Å²) in [7, 11) is 1.29. The van der Waals surface area contributed by atoms with Crippen LogP contribution in [0.1, 0.15) is 45.8 Å². The van der Waals surface area contributed by atoms with Gasteiger partial charge in [-0.25, -0.2) is 4.79 Å². The number of benzene rings is 2. The Bertz CT molecular complexity index is 1340. The molecular formula is C27H23NO7. The SMILES string of the molecule is COC(=O)c1ccc([C@H]2/C(=C(\O)c3ccc4c(c3)C[C@@H](C)O4)C(=O)C(=O)N2Cc2ccco2)cc1. The third-order valence-corrected chi connectivity index (χ3v) is 6.26. The molecule has 0 bridgehead atoms. The number of likely N-dealkylation sites (tertiary alicyclic amines) is 1. The molecule has 1 N–H and O–H groups in total. The van der Waals surface area contributed by atoms with Gasteiger partial charge in [0.05, 0.1) is 37.1 Å². The second-order valence-electron chi connectivity index (χ2n) is 8.58. The van der Waals surface area contributed by atoms with Crippen molar-refractivity contribution in [2.45, 2.75) is 32.0 Å². The van der Waals surface area contributed by atoms with Crippen LogP contribution in [0.2, 0.25) is 0 Å². The van der Waals surface area contributed by atoms with Gasteiger partial charge in [0.25, 0.3) is 11.7 Å². The lowest BCUT2D eigenvalue weighted by Gasteiger charge is -2.24. The topological polar surface area (TPSA) is 106 Å². The molecule has 1 saturated heterocycles. The second-order valence-corrected chi connectivity index (χ2v) is 8.58. The van der Waals surface area contributed by atoms with Gasteiger partial charge in [0.15, 0.2) is 0 Å². The summed E-state index contributed by atoms with van der Waals surface area (Å²) >= 11 is 0. The molecule has 0 radical (unpaired) electrons. The number of amides is 1. The number of Topliss-reactive ketones (excluding diaryl/α,β-unsaturated/α-hetero) is 1. The van der Waals surface area contributed by atoms with Gasteiger partial charge >= 0.3 is 5.97 Å². The molecule has 0 spiro atoms. The smallest absolute Gasteiger partial charge is 0.337 e. The molecule has 3 heterocycles. The van der Waals surface area contributed by atoms with E-state index in [1.165, 1.54) is 18.3 Å². The van der Waals surface area contributed by atoms with Crippen molar-refractivity contribution in [3.05, 3.63) is 94.4 Å². The Hall–Kier alpha value is -4.33. The number of hydrogen-bond donors (Lipinski definition) is 1. The van der Waals surface area contributed by atoms with E-state index in [1.807, 2.05) is 6.92 Å². The van der Waals surface area contributed by atoms with Crippen LogP contribution < -0.4 is 4.74 Å². The van der Waals surface area contributed by atoms with Crippen LogP contribution in [0.25, 0.3) is 5.76 Å². The number of ketones is 1. The van der Waals surface area contributed by atoms with Crippen LogP contribution in [0.3, 0.4) is 0 Å². The summed E-state index contributed by atoms with van der Waals surface area (Å²) in [4.78, 5) is 39.6. The van der Waals surface area contributed by atoms with Crippen LogP contribution in [0, 0.1) is 0 Å². The van der Waals surface area contributed by atoms with Gasteiger partial charge in [-0.2, -0.15) is 0 Å². The predicted molar refractivity (Wildman–Crippen MR) is 125 cm³/mol. The average molecular weight is 473 g/mol. The number of ether oxygens (including phenoxy) is 2. The van der Waals surface area contributed by atoms with Crippen LogP contribution >= 0.6 is 0 Å². The average Bonchev–Trinajstić information content (AvgIpc) is 3.57. The van der Waals surface area contributed by atoms with Gasteiger partial charge < -0.3 is 23.9 Å². The Balaban J connectivity index is 1.61. The van der Waals surface area contributed by atoms with Crippen molar-refractivity contribution >= 4 is 23.4 Å². The van der Waals surface area contributed by atoms with E-state index in [1.54, 1.807) is 54.6 Å². The first-order valence-corrected chi connectivity index (χ1v) is 11.2. The highest BCUT2D eigenvalue weighted by Gasteiger charge is 2.46. The number of esters is 1. The lowest BCUT2D eigenvalue weighted by molar-refractivity contribution is -0.140. The molecule has 3 aromatic rings. The van der Waals surface area contributed by atoms with Gasteiger partial charge in [-0.05, 0) is 60.5 Å². The zero-order valence-corrected chi connectivity index (χ0v) is 19.2.